The van der Waals surface area contributed by atoms with Gasteiger partial charge in [0.05, 0.1) is 6.61 Å². The van der Waals surface area contributed by atoms with Crippen LogP contribution in [-0.4, -0.2) is 63.8 Å². The highest BCUT2D eigenvalue weighted by atomic mass is 19.1. The third-order valence-electron chi connectivity index (χ3n) is 4.77. The molecule has 2 atom stereocenters. The van der Waals surface area contributed by atoms with Gasteiger partial charge in [0.1, 0.15) is 5.82 Å². The molecule has 0 radical (unpaired) electrons. The number of hydrogen-bond donors (Lipinski definition) is 2. The fourth-order valence-corrected chi connectivity index (χ4v) is 3.50. The Morgan fingerprint density at radius 1 is 1.30 bits per heavy atom. The van der Waals surface area contributed by atoms with Crippen molar-refractivity contribution < 1.29 is 13.9 Å². The minimum atomic E-state index is -0.291. The van der Waals surface area contributed by atoms with Crippen LogP contribution in [0.25, 0.3) is 0 Å². The van der Waals surface area contributed by atoms with Gasteiger partial charge in [0.2, 0.25) is 0 Å². The normalized spacial score (nSPS) is 24.9. The highest BCUT2D eigenvalue weighted by molar-refractivity contribution is 5.94. The largest absolute Gasteiger partial charge is 0.384 e. The lowest BCUT2D eigenvalue weighted by Gasteiger charge is -2.27. The molecule has 0 aromatic heterocycles. The molecule has 1 amide bonds. The monoisotopic (exact) mass is 321 g/mol. The molecule has 2 aliphatic rings. The maximum absolute atomic E-state index is 14.6. The number of piperazine rings is 1. The molecule has 6 heteroatoms. The number of nitrogens with one attached hydrogen (secondary N) is 2. The van der Waals surface area contributed by atoms with Crippen LogP contribution in [0.2, 0.25) is 0 Å². The van der Waals surface area contributed by atoms with E-state index in [9.17, 15) is 9.18 Å². The van der Waals surface area contributed by atoms with E-state index in [1.807, 2.05) is 0 Å². The number of amides is 1. The summed E-state index contributed by atoms with van der Waals surface area (Å²) < 4.78 is 19.8. The molecule has 2 N–H and O–H groups in total. The molecule has 0 saturated carbocycles. The van der Waals surface area contributed by atoms with Gasteiger partial charge in [0.15, 0.2) is 0 Å². The standard InChI is InChI=1S/C17H24FN3O2/c1-23-11-13-9-20-10-15(13)14-3-2-12(8-16(14)18)17(22)21-6-4-19-5-7-21/h2-3,8,13,15,19-20H,4-7,9-11H2,1H3/t13?,15-/m1/s1. The summed E-state index contributed by atoms with van der Waals surface area (Å²) in [5.41, 5.74) is 1.11. The molecular weight excluding hydrogens is 297 g/mol. The molecule has 1 aromatic carbocycles. The first kappa shape index (κ1) is 16.4. The quantitative estimate of drug-likeness (QED) is 0.862. The van der Waals surface area contributed by atoms with Crippen molar-refractivity contribution in [3.05, 3.63) is 35.1 Å². The Hall–Kier alpha value is -1.50. The second-order valence-corrected chi connectivity index (χ2v) is 6.26. The van der Waals surface area contributed by atoms with E-state index in [2.05, 4.69) is 10.6 Å². The number of benzene rings is 1. The highest BCUT2D eigenvalue weighted by Crippen LogP contribution is 2.30. The van der Waals surface area contributed by atoms with Gasteiger partial charge in [-0.3, -0.25) is 4.79 Å². The van der Waals surface area contributed by atoms with Gasteiger partial charge in [0.25, 0.3) is 5.91 Å². The van der Waals surface area contributed by atoms with E-state index in [4.69, 9.17) is 4.74 Å². The van der Waals surface area contributed by atoms with Crippen molar-refractivity contribution in [1.82, 2.24) is 15.5 Å². The van der Waals surface area contributed by atoms with E-state index >= 15 is 0 Å². The summed E-state index contributed by atoms with van der Waals surface area (Å²) in [6.45, 7) is 5.11. The second kappa shape index (κ2) is 7.38. The number of carbonyl (C=O) groups is 1. The van der Waals surface area contributed by atoms with Crippen LogP contribution in [0.1, 0.15) is 21.8 Å². The Bertz CT molecular complexity index is 561. The molecule has 2 fully saturated rings. The van der Waals surface area contributed by atoms with Crippen LogP contribution in [0, 0.1) is 11.7 Å². The number of nitrogens with zero attached hydrogens (tertiary/aromatic N) is 1. The number of methoxy groups -OCH3 is 1. The predicted molar refractivity (Wildman–Crippen MR) is 86.1 cm³/mol. The molecule has 2 heterocycles. The molecule has 23 heavy (non-hydrogen) atoms. The first-order valence-electron chi connectivity index (χ1n) is 8.20. The van der Waals surface area contributed by atoms with Crippen LogP contribution in [0.5, 0.6) is 0 Å². The SMILES string of the molecule is COCC1CNC[C@H]1c1ccc(C(=O)N2CCNCC2)cc1F. The van der Waals surface area contributed by atoms with Crippen molar-refractivity contribution in [2.24, 2.45) is 5.92 Å². The van der Waals surface area contributed by atoms with Crippen LogP contribution >= 0.6 is 0 Å². The van der Waals surface area contributed by atoms with E-state index in [0.717, 1.165) is 26.2 Å². The Labute approximate surface area is 136 Å². The molecule has 2 saturated heterocycles. The fourth-order valence-electron chi connectivity index (χ4n) is 3.50. The zero-order chi connectivity index (χ0) is 16.2. The molecule has 0 bridgehead atoms. The third kappa shape index (κ3) is 3.54. The summed E-state index contributed by atoms with van der Waals surface area (Å²) in [4.78, 5) is 14.2. The van der Waals surface area contributed by atoms with Gasteiger partial charge in [0, 0.05) is 63.8 Å². The molecular formula is C17H24FN3O2. The van der Waals surface area contributed by atoms with Crippen molar-refractivity contribution in [1.29, 1.82) is 0 Å². The van der Waals surface area contributed by atoms with Gasteiger partial charge in [-0.2, -0.15) is 0 Å². The van der Waals surface area contributed by atoms with Gasteiger partial charge in [-0.15, -0.1) is 0 Å². The summed E-state index contributed by atoms with van der Waals surface area (Å²) in [6.07, 6.45) is 0. The first-order chi connectivity index (χ1) is 11.2. The minimum absolute atomic E-state index is 0.0880. The van der Waals surface area contributed by atoms with E-state index < -0.39 is 0 Å². The maximum Gasteiger partial charge on any atom is 0.254 e. The minimum Gasteiger partial charge on any atom is -0.384 e. The van der Waals surface area contributed by atoms with Crippen LogP contribution in [-0.2, 0) is 4.74 Å². The van der Waals surface area contributed by atoms with Crippen molar-refractivity contribution >= 4 is 5.91 Å². The first-order valence-corrected chi connectivity index (χ1v) is 8.20. The van der Waals surface area contributed by atoms with Gasteiger partial charge in [-0.25, -0.2) is 4.39 Å². The number of ether oxygens (including phenoxy) is 1. The smallest absolute Gasteiger partial charge is 0.254 e. The van der Waals surface area contributed by atoms with E-state index in [-0.39, 0.29) is 23.6 Å². The van der Waals surface area contributed by atoms with Crippen LogP contribution in [0.15, 0.2) is 18.2 Å². The molecule has 1 unspecified atom stereocenters. The summed E-state index contributed by atoms with van der Waals surface area (Å²) in [6, 6.07) is 4.91. The Kier molecular flexibility index (Phi) is 5.25. The Balaban J connectivity index is 1.76. The van der Waals surface area contributed by atoms with Gasteiger partial charge < -0.3 is 20.3 Å². The summed E-state index contributed by atoms with van der Waals surface area (Å²) >= 11 is 0. The molecule has 126 valence electrons. The zero-order valence-corrected chi connectivity index (χ0v) is 13.5. The maximum atomic E-state index is 14.6. The van der Waals surface area contributed by atoms with Crippen molar-refractivity contribution in [2.45, 2.75) is 5.92 Å². The van der Waals surface area contributed by atoms with Crippen LogP contribution in [0.4, 0.5) is 4.39 Å². The van der Waals surface area contributed by atoms with Crippen molar-refractivity contribution in [3.8, 4) is 0 Å². The summed E-state index contributed by atoms with van der Waals surface area (Å²) in [7, 11) is 1.67. The fraction of sp³-hybridized carbons (Fsp3) is 0.588. The van der Waals surface area contributed by atoms with Crippen molar-refractivity contribution in [3.63, 3.8) is 0 Å². The zero-order valence-electron chi connectivity index (χ0n) is 13.5. The molecule has 0 aliphatic carbocycles. The molecule has 5 nitrogen and oxygen atoms in total. The number of hydrogen-bond acceptors (Lipinski definition) is 4. The van der Waals surface area contributed by atoms with Crippen LogP contribution < -0.4 is 10.6 Å². The lowest BCUT2D eigenvalue weighted by atomic mass is 9.88. The lowest BCUT2D eigenvalue weighted by Crippen LogP contribution is -2.46. The van der Waals surface area contributed by atoms with E-state index in [1.54, 1.807) is 24.1 Å². The molecule has 0 spiro atoms. The predicted octanol–water partition coefficient (Wildman–Crippen LogP) is 0.821. The molecule has 3 rings (SSSR count). The summed E-state index contributed by atoms with van der Waals surface area (Å²) in [5, 5.41) is 6.50. The average molecular weight is 321 g/mol. The number of carbonyl (C=O) groups excluding carboxylic acids is 1. The average Bonchev–Trinajstić information content (AvgIpc) is 3.03. The summed E-state index contributed by atoms with van der Waals surface area (Å²) in [5.74, 6) is -0.0155. The molecule has 1 aromatic rings. The second-order valence-electron chi connectivity index (χ2n) is 6.26. The van der Waals surface area contributed by atoms with Gasteiger partial charge in [-0.05, 0) is 17.7 Å². The van der Waals surface area contributed by atoms with Crippen LogP contribution in [0.3, 0.4) is 0 Å². The van der Waals surface area contributed by atoms with E-state index in [1.165, 1.54) is 6.07 Å². The third-order valence-corrected chi connectivity index (χ3v) is 4.77. The highest BCUT2D eigenvalue weighted by Gasteiger charge is 2.30. The van der Waals surface area contributed by atoms with Crippen molar-refractivity contribution in [2.75, 3.05) is 53.0 Å². The molecule has 2 aliphatic heterocycles. The van der Waals surface area contributed by atoms with Gasteiger partial charge in [-0.1, -0.05) is 6.07 Å². The van der Waals surface area contributed by atoms with Gasteiger partial charge >= 0.3 is 0 Å². The lowest BCUT2D eigenvalue weighted by molar-refractivity contribution is 0.0735. The number of rotatable bonds is 4. The Morgan fingerprint density at radius 3 is 2.78 bits per heavy atom. The topological polar surface area (TPSA) is 53.6 Å². The Morgan fingerprint density at radius 2 is 2.09 bits per heavy atom. The van der Waals surface area contributed by atoms with E-state index in [0.29, 0.717) is 30.8 Å². The number of halogens is 1.